The van der Waals surface area contributed by atoms with Crippen molar-refractivity contribution >= 4 is 40.1 Å². The number of amides is 1. The Morgan fingerprint density at radius 2 is 1.90 bits per heavy atom. The van der Waals surface area contributed by atoms with Crippen molar-refractivity contribution in [2.75, 3.05) is 36.5 Å². The Bertz CT molecular complexity index is 980. The van der Waals surface area contributed by atoms with Gasteiger partial charge in [-0.25, -0.2) is 4.98 Å². The highest BCUT2D eigenvalue weighted by Gasteiger charge is 2.19. The Labute approximate surface area is 175 Å². The molecule has 4 rings (SSSR count). The number of hydrogen-bond acceptors (Lipinski definition) is 5. The van der Waals surface area contributed by atoms with Crippen LogP contribution in [0.2, 0.25) is 0 Å². The van der Waals surface area contributed by atoms with Gasteiger partial charge in [0, 0.05) is 31.0 Å². The third kappa shape index (κ3) is 4.41. The zero-order valence-electron chi connectivity index (χ0n) is 16.8. The number of aromatic nitrogens is 2. The minimum absolute atomic E-state index is 0.0242. The smallest absolute Gasteiger partial charge is 0.237 e. The summed E-state index contributed by atoms with van der Waals surface area (Å²) in [4.78, 5) is 19.7. The number of nitrogens with one attached hydrogen (secondary N) is 1. The quantitative estimate of drug-likeness (QED) is 0.622. The number of aryl methyl sites for hydroxylation is 1. The Kier molecular flexibility index (Phi) is 6.06. The number of benzene rings is 2. The predicted molar refractivity (Wildman–Crippen MR) is 119 cm³/mol. The summed E-state index contributed by atoms with van der Waals surface area (Å²) in [7, 11) is 0. The lowest BCUT2D eigenvalue weighted by Crippen LogP contribution is -2.36. The van der Waals surface area contributed by atoms with Crippen LogP contribution in [0.5, 0.6) is 0 Å². The number of hydrogen-bond donors (Lipinski definition) is 1. The molecule has 1 amide bonds. The summed E-state index contributed by atoms with van der Waals surface area (Å²) in [6, 6.07) is 16.1. The summed E-state index contributed by atoms with van der Waals surface area (Å²) in [5, 5.41) is 3.64. The van der Waals surface area contributed by atoms with Gasteiger partial charge in [-0.05, 0) is 50.2 Å². The van der Waals surface area contributed by atoms with Gasteiger partial charge < -0.3 is 19.5 Å². The summed E-state index contributed by atoms with van der Waals surface area (Å²) in [6.07, 6.45) is 0. The van der Waals surface area contributed by atoms with Gasteiger partial charge in [0.2, 0.25) is 5.91 Å². The monoisotopic (exact) mass is 410 g/mol. The first-order chi connectivity index (χ1) is 14.2. The molecule has 29 heavy (non-hydrogen) atoms. The van der Waals surface area contributed by atoms with Gasteiger partial charge >= 0.3 is 0 Å². The fourth-order valence-corrected chi connectivity index (χ4v) is 4.47. The normalized spacial score (nSPS) is 15.4. The van der Waals surface area contributed by atoms with E-state index in [1.807, 2.05) is 37.3 Å². The van der Waals surface area contributed by atoms with Crippen molar-refractivity contribution in [2.45, 2.75) is 30.8 Å². The second-order valence-electron chi connectivity index (χ2n) is 7.02. The first kappa shape index (κ1) is 19.8. The summed E-state index contributed by atoms with van der Waals surface area (Å²) >= 11 is 1.49. The maximum Gasteiger partial charge on any atom is 0.237 e. The van der Waals surface area contributed by atoms with Crippen molar-refractivity contribution in [3.63, 3.8) is 0 Å². The Morgan fingerprint density at radius 3 is 2.62 bits per heavy atom. The maximum absolute atomic E-state index is 12.7. The molecule has 2 aromatic carbocycles. The summed E-state index contributed by atoms with van der Waals surface area (Å²) in [6.45, 7) is 8.15. The third-order valence-electron chi connectivity index (χ3n) is 5.10. The number of morpholine rings is 1. The molecule has 7 heteroatoms. The van der Waals surface area contributed by atoms with Gasteiger partial charge in [0.05, 0.1) is 29.5 Å². The number of imidazole rings is 1. The van der Waals surface area contributed by atoms with E-state index in [1.165, 1.54) is 11.8 Å². The maximum atomic E-state index is 12.7. The molecule has 1 aliphatic rings. The Hall–Kier alpha value is -2.51. The van der Waals surface area contributed by atoms with Crippen LogP contribution in [0.25, 0.3) is 11.0 Å². The number of fused-ring (bicyclic) bond motifs is 1. The highest BCUT2D eigenvalue weighted by molar-refractivity contribution is 8.00. The van der Waals surface area contributed by atoms with E-state index in [9.17, 15) is 4.79 Å². The van der Waals surface area contributed by atoms with E-state index in [-0.39, 0.29) is 11.2 Å². The number of carbonyl (C=O) groups excluding carboxylic acids is 1. The van der Waals surface area contributed by atoms with Crippen molar-refractivity contribution in [3.8, 4) is 0 Å². The summed E-state index contributed by atoms with van der Waals surface area (Å²) < 4.78 is 7.55. The number of nitrogens with zero attached hydrogens (tertiary/aromatic N) is 3. The van der Waals surface area contributed by atoms with E-state index in [4.69, 9.17) is 9.72 Å². The molecule has 0 aliphatic carbocycles. The first-order valence-electron chi connectivity index (χ1n) is 10.0. The number of carbonyl (C=O) groups is 1. The molecule has 1 fully saturated rings. The van der Waals surface area contributed by atoms with Gasteiger partial charge in [0.25, 0.3) is 0 Å². The molecule has 0 bridgehead atoms. The summed E-state index contributed by atoms with van der Waals surface area (Å²) in [5.41, 5.74) is 4.03. The average Bonchev–Trinajstić information content (AvgIpc) is 3.11. The molecule has 1 saturated heterocycles. The van der Waals surface area contributed by atoms with E-state index < -0.39 is 0 Å². The van der Waals surface area contributed by atoms with Gasteiger partial charge in [-0.15, -0.1) is 0 Å². The number of ether oxygens (including phenoxy) is 1. The fourth-order valence-electron chi connectivity index (χ4n) is 3.48. The van der Waals surface area contributed by atoms with Crippen LogP contribution in [0.15, 0.2) is 53.7 Å². The summed E-state index contributed by atoms with van der Waals surface area (Å²) in [5.74, 6) is -0.0242. The van der Waals surface area contributed by atoms with Gasteiger partial charge in [0.1, 0.15) is 0 Å². The largest absolute Gasteiger partial charge is 0.378 e. The SMILES string of the molecule is CCn1c(SC(C)C(=O)Nc2ccc(N3CCOCC3)cc2)nc2ccccc21. The van der Waals surface area contributed by atoms with E-state index >= 15 is 0 Å². The molecule has 2 heterocycles. The molecule has 152 valence electrons. The molecule has 0 radical (unpaired) electrons. The van der Waals surface area contributed by atoms with Gasteiger partial charge in [0.15, 0.2) is 5.16 Å². The van der Waals surface area contributed by atoms with Crippen LogP contribution in [0, 0.1) is 0 Å². The van der Waals surface area contributed by atoms with Crippen molar-refractivity contribution in [2.24, 2.45) is 0 Å². The van der Waals surface area contributed by atoms with Crippen molar-refractivity contribution in [1.29, 1.82) is 0 Å². The van der Waals surface area contributed by atoms with Gasteiger partial charge in [-0.1, -0.05) is 23.9 Å². The fraction of sp³-hybridized carbons (Fsp3) is 0.364. The Balaban J connectivity index is 1.41. The minimum Gasteiger partial charge on any atom is -0.378 e. The lowest BCUT2D eigenvalue weighted by molar-refractivity contribution is -0.115. The van der Waals surface area contributed by atoms with Crippen molar-refractivity contribution in [1.82, 2.24) is 9.55 Å². The number of thioether (sulfide) groups is 1. The lowest BCUT2D eigenvalue weighted by atomic mass is 10.2. The molecule has 6 nitrogen and oxygen atoms in total. The molecular formula is C22H26N4O2S. The third-order valence-corrected chi connectivity index (χ3v) is 6.19. The molecule has 1 atom stereocenters. The van der Waals surface area contributed by atoms with Gasteiger partial charge in [-0.2, -0.15) is 0 Å². The van der Waals surface area contributed by atoms with Crippen LogP contribution in [-0.4, -0.2) is 47.0 Å². The topological polar surface area (TPSA) is 59.4 Å². The zero-order chi connectivity index (χ0) is 20.2. The molecule has 0 spiro atoms. The second-order valence-corrected chi connectivity index (χ2v) is 8.33. The molecule has 1 N–H and O–H groups in total. The molecule has 1 unspecified atom stereocenters. The predicted octanol–water partition coefficient (Wildman–Crippen LogP) is 4.01. The second kappa shape index (κ2) is 8.88. The van der Waals surface area contributed by atoms with Crippen LogP contribution in [0.4, 0.5) is 11.4 Å². The first-order valence-corrected chi connectivity index (χ1v) is 10.9. The van der Waals surface area contributed by atoms with Crippen LogP contribution in [0.1, 0.15) is 13.8 Å². The highest BCUT2D eigenvalue weighted by Crippen LogP contribution is 2.28. The molecule has 1 aliphatic heterocycles. The Morgan fingerprint density at radius 1 is 1.17 bits per heavy atom. The number of anilines is 2. The average molecular weight is 411 g/mol. The molecule has 0 saturated carbocycles. The minimum atomic E-state index is -0.254. The lowest BCUT2D eigenvalue weighted by Gasteiger charge is -2.28. The van der Waals surface area contributed by atoms with Gasteiger partial charge in [-0.3, -0.25) is 4.79 Å². The van der Waals surface area contributed by atoms with Crippen molar-refractivity contribution < 1.29 is 9.53 Å². The van der Waals surface area contributed by atoms with Crippen LogP contribution in [0.3, 0.4) is 0 Å². The van der Waals surface area contributed by atoms with E-state index in [0.29, 0.717) is 0 Å². The highest BCUT2D eigenvalue weighted by atomic mass is 32.2. The number of rotatable bonds is 6. The molecular weight excluding hydrogens is 384 g/mol. The van der Waals surface area contributed by atoms with Crippen LogP contribution in [-0.2, 0) is 16.1 Å². The standard InChI is InChI=1S/C22H26N4O2S/c1-3-26-20-7-5-4-6-19(20)24-22(26)29-16(2)21(27)23-17-8-10-18(11-9-17)25-12-14-28-15-13-25/h4-11,16H,3,12-15H2,1-2H3,(H,23,27). The van der Waals surface area contributed by atoms with Crippen LogP contribution < -0.4 is 10.2 Å². The number of para-hydroxylation sites is 2. The van der Waals surface area contributed by atoms with Crippen LogP contribution >= 0.6 is 11.8 Å². The molecule has 1 aromatic heterocycles. The van der Waals surface area contributed by atoms with E-state index in [2.05, 4.69) is 39.9 Å². The van der Waals surface area contributed by atoms with E-state index in [1.54, 1.807) is 0 Å². The van der Waals surface area contributed by atoms with Crippen molar-refractivity contribution in [3.05, 3.63) is 48.5 Å². The van der Waals surface area contributed by atoms with E-state index in [0.717, 1.165) is 60.4 Å². The molecule has 3 aromatic rings. The zero-order valence-corrected chi connectivity index (χ0v) is 17.6.